The van der Waals surface area contributed by atoms with Crippen molar-refractivity contribution in [1.29, 1.82) is 0 Å². The zero-order chi connectivity index (χ0) is 13.0. The Hall–Kier alpha value is -1.13. The highest BCUT2D eigenvalue weighted by atomic mass is 35.5. The maximum atomic E-state index is 11.4. The SMILES string of the molecule is Cc1ccc(NC(=S)NC(=O)C(C)C)cc1Cl. The number of halogens is 1. The summed E-state index contributed by atoms with van der Waals surface area (Å²) in [5.41, 5.74) is 1.75. The van der Waals surface area contributed by atoms with E-state index in [1.165, 1.54) is 0 Å². The third-order valence-corrected chi connectivity index (χ3v) is 2.80. The van der Waals surface area contributed by atoms with Gasteiger partial charge in [0, 0.05) is 16.6 Å². The van der Waals surface area contributed by atoms with Gasteiger partial charge in [-0.3, -0.25) is 4.79 Å². The fraction of sp³-hybridized carbons (Fsp3) is 0.333. The van der Waals surface area contributed by atoms with Crippen molar-refractivity contribution in [2.45, 2.75) is 20.8 Å². The van der Waals surface area contributed by atoms with Crippen LogP contribution < -0.4 is 10.6 Å². The second-order valence-corrected chi connectivity index (χ2v) is 4.88. The molecule has 0 radical (unpaired) electrons. The zero-order valence-electron chi connectivity index (χ0n) is 10.0. The Labute approximate surface area is 112 Å². The van der Waals surface area contributed by atoms with E-state index in [1.807, 2.05) is 19.1 Å². The molecule has 0 spiro atoms. The maximum absolute atomic E-state index is 11.4. The lowest BCUT2D eigenvalue weighted by Crippen LogP contribution is -2.36. The Balaban J connectivity index is 2.62. The molecule has 0 aromatic heterocycles. The lowest BCUT2D eigenvalue weighted by atomic mass is 10.2. The summed E-state index contributed by atoms with van der Waals surface area (Å²) in [6.45, 7) is 5.53. The van der Waals surface area contributed by atoms with Crippen molar-refractivity contribution >= 4 is 40.5 Å². The van der Waals surface area contributed by atoms with Gasteiger partial charge in [-0.15, -0.1) is 0 Å². The van der Waals surface area contributed by atoms with E-state index >= 15 is 0 Å². The minimum absolute atomic E-state index is 0.101. The van der Waals surface area contributed by atoms with Crippen LogP contribution in [0.25, 0.3) is 0 Å². The molecule has 0 fully saturated rings. The number of benzene rings is 1. The van der Waals surface area contributed by atoms with Crippen molar-refractivity contribution in [3.8, 4) is 0 Å². The molecule has 17 heavy (non-hydrogen) atoms. The first kappa shape index (κ1) is 13.9. The quantitative estimate of drug-likeness (QED) is 0.812. The van der Waals surface area contributed by atoms with E-state index < -0.39 is 0 Å². The Morgan fingerprint density at radius 3 is 2.59 bits per heavy atom. The third kappa shape index (κ3) is 4.32. The Morgan fingerprint density at radius 1 is 1.41 bits per heavy atom. The number of carbonyl (C=O) groups is 1. The number of thiocarbonyl (C=S) groups is 1. The molecule has 0 unspecified atom stereocenters. The molecular weight excluding hydrogens is 256 g/mol. The van der Waals surface area contributed by atoms with Crippen LogP contribution in [0.15, 0.2) is 18.2 Å². The standard InChI is InChI=1S/C12H15ClN2OS/c1-7(2)11(16)15-12(17)14-9-5-4-8(3)10(13)6-9/h4-7H,1-3H3,(H2,14,15,16,17). The monoisotopic (exact) mass is 270 g/mol. The average molecular weight is 271 g/mol. The van der Waals surface area contributed by atoms with Gasteiger partial charge in [0.25, 0.3) is 0 Å². The van der Waals surface area contributed by atoms with Gasteiger partial charge in [-0.05, 0) is 36.8 Å². The predicted molar refractivity (Wildman–Crippen MR) is 75.4 cm³/mol. The van der Waals surface area contributed by atoms with Crippen LogP contribution in [0.4, 0.5) is 5.69 Å². The molecule has 0 aliphatic carbocycles. The molecule has 0 aliphatic heterocycles. The number of anilines is 1. The molecule has 2 N–H and O–H groups in total. The summed E-state index contributed by atoms with van der Waals surface area (Å²) >= 11 is 11.0. The van der Waals surface area contributed by atoms with Crippen molar-refractivity contribution in [3.05, 3.63) is 28.8 Å². The second-order valence-electron chi connectivity index (χ2n) is 4.06. The van der Waals surface area contributed by atoms with Crippen LogP contribution in [0.3, 0.4) is 0 Å². The van der Waals surface area contributed by atoms with Crippen LogP contribution in [-0.2, 0) is 4.79 Å². The summed E-state index contributed by atoms with van der Waals surface area (Å²) in [6, 6.07) is 5.51. The van der Waals surface area contributed by atoms with E-state index in [0.29, 0.717) is 5.02 Å². The highest BCUT2D eigenvalue weighted by Crippen LogP contribution is 2.19. The molecule has 0 saturated heterocycles. The molecule has 5 heteroatoms. The van der Waals surface area contributed by atoms with Gasteiger partial charge in [-0.25, -0.2) is 0 Å². The number of aryl methyl sites for hydroxylation is 1. The third-order valence-electron chi connectivity index (χ3n) is 2.19. The predicted octanol–water partition coefficient (Wildman–Crippen LogP) is 3.12. The first-order chi connectivity index (χ1) is 7.90. The maximum Gasteiger partial charge on any atom is 0.228 e. The molecule has 92 valence electrons. The van der Waals surface area contributed by atoms with E-state index in [-0.39, 0.29) is 16.9 Å². The van der Waals surface area contributed by atoms with Crippen LogP contribution in [0.5, 0.6) is 0 Å². The Bertz CT molecular complexity index is 446. The molecule has 3 nitrogen and oxygen atoms in total. The number of rotatable bonds is 2. The normalized spacial score (nSPS) is 10.2. The first-order valence-electron chi connectivity index (χ1n) is 5.28. The molecule has 0 bridgehead atoms. The number of nitrogens with one attached hydrogen (secondary N) is 2. The molecule has 0 aliphatic rings. The van der Waals surface area contributed by atoms with Gasteiger partial charge in [0.15, 0.2) is 5.11 Å². The molecule has 0 heterocycles. The van der Waals surface area contributed by atoms with Crippen LogP contribution in [-0.4, -0.2) is 11.0 Å². The van der Waals surface area contributed by atoms with Crippen molar-refractivity contribution < 1.29 is 4.79 Å². The smallest absolute Gasteiger partial charge is 0.228 e. The summed E-state index contributed by atoms with van der Waals surface area (Å²) in [5.74, 6) is -0.211. The lowest BCUT2D eigenvalue weighted by molar-refractivity contribution is -0.122. The van der Waals surface area contributed by atoms with E-state index in [9.17, 15) is 4.79 Å². The minimum atomic E-state index is -0.110. The van der Waals surface area contributed by atoms with Gasteiger partial charge in [0.05, 0.1) is 0 Å². The highest BCUT2D eigenvalue weighted by Gasteiger charge is 2.08. The van der Waals surface area contributed by atoms with Crippen molar-refractivity contribution in [2.75, 3.05) is 5.32 Å². The highest BCUT2D eigenvalue weighted by molar-refractivity contribution is 7.80. The average Bonchev–Trinajstić information content (AvgIpc) is 2.23. The fourth-order valence-corrected chi connectivity index (χ4v) is 1.49. The summed E-state index contributed by atoms with van der Waals surface area (Å²) in [4.78, 5) is 11.4. The summed E-state index contributed by atoms with van der Waals surface area (Å²) in [5, 5.41) is 6.45. The summed E-state index contributed by atoms with van der Waals surface area (Å²) in [7, 11) is 0. The van der Waals surface area contributed by atoms with Crippen molar-refractivity contribution in [2.24, 2.45) is 5.92 Å². The fourth-order valence-electron chi connectivity index (χ4n) is 1.09. The molecule has 0 saturated carbocycles. The van der Waals surface area contributed by atoms with Crippen molar-refractivity contribution in [1.82, 2.24) is 5.32 Å². The molecule has 1 amide bonds. The number of amides is 1. The van der Waals surface area contributed by atoms with Crippen molar-refractivity contribution in [3.63, 3.8) is 0 Å². The summed E-state index contributed by atoms with van der Waals surface area (Å²) in [6.07, 6.45) is 0. The number of carbonyl (C=O) groups excluding carboxylic acids is 1. The van der Waals surface area contributed by atoms with Gasteiger partial charge in [0.2, 0.25) is 5.91 Å². The second kappa shape index (κ2) is 5.98. The van der Waals surface area contributed by atoms with Crippen LogP contribution in [0.2, 0.25) is 5.02 Å². The number of hydrogen-bond acceptors (Lipinski definition) is 2. The van der Waals surface area contributed by atoms with E-state index in [4.69, 9.17) is 23.8 Å². The van der Waals surface area contributed by atoms with E-state index in [0.717, 1.165) is 11.3 Å². The Kier molecular flexibility index (Phi) is 4.90. The number of hydrogen-bond donors (Lipinski definition) is 2. The minimum Gasteiger partial charge on any atom is -0.332 e. The van der Waals surface area contributed by atoms with E-state index in [1.54, 1.807) is 19.9 Å². The molecule has 1 aromatic carbocycles. The molecule has 1 aromatic rings. The van der Waals surface area contributed by atoms with Gasteiger partial charge in [-0.1, -0.05) is 31.5 Å². The first-order valence-corrected chi connectivity index (χ1v) is 6.06. The molecule has 0 atom stereocenters. The van der Waals surface area contributed by atoms with Gasteiger partial charge in [0.1, 0.15) is 0 Å². The van der Waals surface area contributed by atoms with Gasteiger partial charge >= 0.3 is 0 Å². The lowest BCUT2D eigenvalue weighted by Gasteiger charge is -2.11. The van der Waals surface area contributed by atoms with Crippen LogP contribution in [0.1, 0.15) is 19.4 Å². The van der Waals surface area contributed by atoms with Gasteiger partial charge in [-0.2, -0.15) is 0 Å². The molecular formula is C12H15ClN2OS. The topological polar surface area (TPSA) is 41.1 Å². The van der Waals surface area contributed by atoms with E-state index in [2.05, 4.69) is 10.6 Å². The van der Waals surface area contributed by atoms with Gasteiger partial charge < -0.3 is 10.6 Å². The largest absolute Gasteiger partial charge is 0.332 e. The molecule has 1 rings (SSSR count). The van der Waals surface area contributed by atoms with Crippen LogP contribution in [0, 0.1) is 12.8 Å². The zero-order valence-corrected chi connectivity index (χ0v) is 11.6. The van der Waals surface area contributed by atoms with Crippen LogP contribution >= 0.6 is 23.8 Å². The Morgan fingerprint density at radius 2 is 2.06 bits per heavy atom. The summed E-state index contributed by atoms with van der Waals surface area (Å²) < 4.78 is 0.